The number of fused-ring (bicyclic) bond motifs is 1. The summed E-state index contributed by atoms with van der Waals surface area (Å²) >= 11 is 5.99. The molecule has 0 saturated carbocycles. The highest BCUT2D eigenvalue weighted by Gasteiger charge is 2.27. The highest BCUT2D eigenvalue weighted by molar-refractivity contribution is 7.89. The number of aromatic nitrogens is 1. The van der Waals surface area contributed by atoms with Crippen LogP contribution in [0.25, 0.3) is 11.1 Å². The molecule has 1 atom stereocenters. The zero-order chi connectivity index (χ0) is 23.6. The molecule has 1 aromatic heterocycles. The average molecular weight is 486 g/mol. The number of nitrogens with zero attached hydrogens (tertiary/aromatic N) is 1. The second-order valence-corrected chi connectivity index (χ2v) is 9.57. The number of benzene rings is 3. The Morgan fingerprint density at radius 3 is 2.55 bits per heavy atom. The topological polar surface area (TPSA) is 110 Å². The van der Waals surface area contributed by atoms with E-state index in [2.05, 4.69) is 10.0 Å². The van der Waals surface area contributed by atoms with E-state index in [1.54, 1.807) is 48.5 Å². The van der Waals surface area contributed by atoms with Crippen molar-refractivity contribution in [3.8, 4) is 0 Å². The number of oxazole rings is 1. The third-order valence-electron chi connectivity index (χ3n) is 5.06. The minimum atomic E-state index is -4.13. The number of nitrogens with one attached hydrogen (secondary N) is 2. The first-order valence-corrected chi connectivity index (χ1v) is 11.8. The Morgan fingerprint density at radius 1 is 1.06 bits per heavy atom. The Kier molecular flexibility index (Phi) is 6.37. The van der Waals surface area contributed by atoms with E-state index in [1.807, 2.05) is 6.07 Å². The fourth-order valence-electron chi connectivity index (χ4n) is 3.37. The van der Waals surface area contributed by atoms with Gasteiger partial charge in [-0.05, 0) is 42.3 Å². The molecular weight excluding hydrogens is 466 g/mol. The van der Waals surface area contributed by atoms with Crippen LogP contribution in [-0.4, -0.2) is 24.9 Å². The minimum Gasteiger partial charge on any atom is -0.408 e. The highest BCUT2D eigenvalue weighted by Crippen LogP contribution is 2.20. The zero-order valence-corrected chi connectivity index (χ0v) is 19.1. The van der Waals surface area contributed by atoms with Gasteiger partial charge in [0.2, 0.25) is 15.9 Å². The first-order valence-electron chi connectivity index (χ1n) is 9.95. The van der Waals surface area contributed by atoms with Crippen LogP contribution in [0.2, 0.25) is 5.02 Å². The van der Waals surface area contributed by atoms with Crippen LogP contribution in [0, 0.1) is 0 Å². The molecule has 0 aliphatic rings. The van der Waals surface area contributed by atoms with E-state index in [4.69, 9.17) is 16.0 Å². The third-order valence-corrected chi connectivity index (χ3v) is 6.77. The predicted octanol–water partition coefficient (Wildman–Crippen LogP) is 3.31. The maximum atomic E-state index is 13.1. The van der Waals surface area contributed by atoms with Crippen molar-refractivity contribution in [2.24, 2.45) is 7.05 Å². The quantitative estimate of drug-likeness (QED) is 0.417. The Labute approximate surface area is 194 Å². The first kappa shape index (κ1) is 22.8. The molecular formula is C23H20ClN3O5S. The molecule has 1 unspecified atom stereocenters. The standard InChI is InChI=1S/C23H20ClN3O5S/c1-27-20-11-10-18(14-21(20)32-23(27)29)33(30,31)26-19(12-15-6-3-2-4-7-15)22(28)25-17-9-5-8-16(24)13-17/h2-11,13-14,19,26H,12H2,1H3,(H,25,28). The third kappa shape index (κ3) is 5.16. The number of sulfonamides is 1. The molecule has 4 aromatic rings. The molecule has 8 nitrogen and oxygen atoms in total. The highest BCUT2D eigenvalue weighted by atomic mass is 35.5. The summed E-state index contributed by atoms with van der Waals surface area (Å²) in [4.78, 5) is 24.7. The van der Waals surface area contributed by atoms with E-state index in [0.717, 1.165) is 5.56 Å². The van der Waals surface area contributed by atoms with Gasteiger partial charge in [-0.3, -0.25) is 9.36 Å². The van der Waals surface area contributed by atoms with Gasteiger partial charge in [-0.2, -0.15) is 4.72 Å². The van der Waals surface area contributed by atoms with Gasteiger partial charge in [0.25, 0.3) is 0 Å². The summed E-state index contributed by atoms with van der Waals surface area (Å²) in [7, 11) is -2.60. The van der Waals surface area contributed by atoms with Gasteiger partial charge in [0, 0.05) is 23.8 Å². The van der Waals surface area contributed by atoms with Crippen molar-refractivity contribution >= 4 is 44.3 Å². The van der Waals surface area contributed by atoms with E-state index in [9.17, 15) is 18.0 Å². The lowest BCUT2D eigenvalue weighted by atomic mass is 10.1. The molecule has 4 rings (SSSR count). The molecule has 0 radical (unpaired) electrons. The van der Waals surface area contributed by atoms with E-state index in [0.29, 0.717) is 16.2 Å². The lowest BCUT2D eigenvalue weighted by molar-refractivity contribution is -0.117. The molecule has 0 saturated heterocycles. The molecule has 0 fully saturated rings. The van der Waals surface area contributed by atoms with Crippen LogP contribution in [0.1, 0.15) is 5.56 Å². The van der Waals surface area contributed by atoms with Crippen molar-refractivity contribution < 1.29 is 17.6 Å². The van der Waals surface area contributed by atoms with Gasteiger partial charge in [-0.25, -0.2) is 13.2 Å². The Balaban J connectivity index is 1.64. The molecule has 33 heavy (non-hydrogen) atoms. The number of anilines is 1. The molecule has 0 bridgehead atoms. The molecule has 0 spiro atoms. The van der Waals surface area contributed by atoms with E-state index < -0.39 is 27.7 Å². The van der Waals surface area contributed by atoms with E-state index in [-0.39, 0.29) is 16.9 Å². The molecule has 2 N–H and O–H groups in total. The van der Waals surface area contributed by atoms with Crippen molar-refractivity contribution in [1.82, 2.24) is 9.29 Å². The van der Waals surface area contributed by atoms with Crippen molar-refractivity contribution in [3.05, 3.63) is 93.9 Å². The van der Waals surface area contributed by atoms with Gasteiger partial charge >= 0.3 is 5.76 Å². The lowest BCUT2D eigenvalue weighted by Gasteiger charge is -2.19. The number of halogens is 1. The maximum Gasteiger partial charge on any atom is 0.419 e. The van der Waals surface area contributed by atoms with Gasteiger partial charge in [-0.15, -0.1) is 0 Å². The molecule has 1 heterocycles. The summed E-state index contributed by atoms with van der Waals surface area (Å²) in [6.45, 7) is 0. The molecule has 0 aliphatic carbocycles. The zero-order valence-electron chi connectivity index (χ0n) is 17.5. The summed E-state index contributed by atoms with van der Waals surface area (Å²) in [6, 6.07) is 18.6. The maximum absolute atomic E-state index is 13.1. The fourth-order valence-corrected chi connectivity index (χ4v) is 4.77. The molecule has 1 amide bonds. The summed E-state index contributed by atoms with van der Waals surface area (Å²) < 4.78 is 35.1. The number of carbonyl (C=O) groups is 1. The van der Waals surface area contributed by atoms with Crippen molar-refractivity contribution in [3.63, 3.8) is 0 Å². The van der Waals surface area contributed by atoms with Gasteiger partial charge in [0.05, 0.1) is 10.4 Å². The Hall–Kier alpha value is -3.40. The number of carbonyl (C=O) groups excluding carboxylic acids is 1. The minimum absolute atomic E-state index is 0.120. The average Bonchev–Trinajstić information content (AvgIpc) is 3.07. The smallest absolute Gasteiger partial charge is 0.408 e. The van der Waals surface area contributed by atoms with Crippen molar-refractivity contribution in [2.45, 2.75) is 17.4 Å². The second-order valence-electron chi connectivity index (χ2n) is 7.42. The summed E-state index contributed by atoms with van der Waals surface area (Å²) in [6.07, 6.45) is 0.120. The first-order chi connectivity index (χ1) is 15.7. The van der Waals surface area contributed by atoms with Gasteiger partial charge in [-0.1, -0.05) is 48.0 Å². The van der Waals surface area contributed by atoms with Crippen molar-refractivity contribution in [1.29, 1.82) is 0 Å². The summed E-state index contributed by atoms with van der Waals surface area (Å²) in [5.74, 6) is -1.15. The number of aryl methyl sites for hydroxylation is 1. The van der Waals surface area contributed by atoms with Crippen molar-refractivity contribution in [2.75, 3.05) is 5.32 Å². The Morgan fingerprint density at radius 2 is 1.82 bits per heavy atom. The van der Waals surface area contributed by atoms with Crippen LogP contribution in [0.3, 0.4) is 0 Å². The molecule has 10 heteroatoms. The van der Waals surface area contributed by atoms with Crippen LogP contribution >= 0.6 is 11.6 Å². The van der Waals surface area contributed by atoms with E-state index in [1.165, 1.54) is 29.8 Å². The SMILES string of the molecule is Cn1c(=O)oc2cc(S(=O)(=O)NC(Cc3ccccc3)C(=O)Nc3cccc(Cl)c3)ccc21. The van der Waals surface area contributed by atoms with Gasteiger partial charge < -0.3 is 9.73 Å². The molecule has 170 valence electrons. The normalized spacial score (nSPS) is 12.5. The molecule has 0 aliphatic heterocycles. The van der Waals surface area contributed by atoms with Gasteiger partial charge in [0.1, 0.15) is 6.04 Å². The number of rotatable bonds is 7. The van der Waals surface area contributed by atoms with Crippen LogP contribution in [-0.2, 0) is 28.3 Å². The number of hydrogen-bond donors (Lipinski definition) is 2. The summed E-state index contributed by atoms with van der Waals surface area (Å²) in [5, 5.41) is 3.14. The molecule has 3 aromatic carbocycles. The van der Waals surface area contributed by atoms with Crippen LogP contribution < -0.4 is 15.8 Å². The van der Waals surface area contributed by atoms with Crippen LogP contribution in [0.5, 0.6) is 0 Å². The van der Waals surface area contributed by atoms with Crippen LogP contribution in [0.15, 0.2) is 86.9 Å². The monoisotopic (exact) mass is 485 g/mol. The predicted molar refractivity (Wildman–Crippen MR) is 126 cm³/mol. The largest absolute Gasteiger partial charge is 0.419 e. The lowest BCUT2D eigenvalue weighted by Crippen LogP contribution is -2.45. The summed E-state index contributed by atoms with van der Waals surface area (Å²) in [5.41, 5.74) is 1.81. The fraction of sp³-hybridized carbons (Fsp3) is 0.130. The second kappa shape index (κ2) is 9.22. The van der Waals surface area contributed by atoms with Crippen LogP contribution in [0.4, 0.5) is 5.69 Å². The number of amides is 1. The number of hydrogen-bond acceptors (Lipinski definition) is 5. The Bertz CT molecular complexity index is 1480. The van der Waals surface area contributed by atoms with E-state index >= 15 is 0 Å². The van der Waals surface area contributed by atoms with Gasteiger partial charge in [0.15, 0.2) is 5.58 Å².